The molecule has 1 atom stereocenters. The predicted octanol–water partition coefficient (Wildman–Crippen LogP) is 3.82. The Morgan fingerprint density at radius 3 is 2.74 bits per heavy atom. The maximum absolute atomic E-state index is 12.3. The third-order valence-electron chi connectivity index (χ3n) is 4.50. The number of benzene rings is 2. The monoisotopic (exact) mass is 309 g/mol. The van der Waals surface area contributed by atoms with Crippen molar-refractivity contribution in [2.24, 2.45) is 0 Å². The number of aryl methyl sites for hydroxylation is 2. The van der Waals surface area contributed by atoms with Crippen LogP contribution in [0.4, 0.5) is 0 Å². The molecule has 1 aliphatic carbocycles. The van der Waals surface area contributed by atoms with Crippen LogP contribution in [-0.4, -0.2) is 13.0 Å². The molecule has 0 bridgehead atoms. The van der Waals surface area contributed by atoms with Gasteiger partial charge >= 0.3 is 0 Å². The Labute approximate surface area is 137 Å². The van der Waals surface area contributed by atoms with E-state index >= 15 is 0 Å². The fraction of sp³-hybridized carbons (Fsp3) is 0.350. The van der Waals surface area contributed by atoms with E-state index in [1.54, 1.807) is 7.11 Å². The highest BCUT2D eigenvalue weighted by molar-refractivity contribution is 5.76. The predicted molar refractivity (Wildman–Crippen MR) is 91.6 cm³/mol. The molecule has 0 fully saturated rings. The Hall–Kier alpha value is -2.29. The zero-order valence-electron chi connectivity index (χ0n) is 13.5. The molecule has 2 aromatic carbocycles. The molecule has 0 heterocycles. The van der Waals surface area contributed by atoms with Gasteiger partial charge in [0.1, 0.15) is 5.75 Å². The van der Waals surface area contributed by atoms with Crippen molar-refractivity contribution < 1.29 is 9.53 Å². The second kappa shape index (κ2) is 7.32. The normalized spacial score (nSPS) is 16.5. The number of carbonyl (C=O) groups excluding carboxylic acids is 1. The number of nitrogens with one attached hydrogen (secondary N) is 1. The lowest BCUT2D eigenvalue weighted by Gasteiger charge is -2.26. The number of methoxy groups -OCH3 is 1. The van der Waals surface area contributed by atoms with Gasteiger partial charge in [-0.2, -0.15) is 0 Å². The molecule has 0 saturated carbocycles. The van der Waals surface area contributed by atoms with Crippen molar-refractivity contribution in [3.05, 3.63) is 65.2 Å². The van der Waals surface area contributed by atoms with Crippen LogP contribution in [0, 0.1) is 0 Å². The minimum absolute atomic E-state index is 0.127. The number of fused-ring (bicyclic) bond motifs is 1. The summed E-state index contributed by atoms with van der Waals surface area (Å²) in [6.07, 6.45) is 4.56. The second-order valence-electron chi connectivity index (χ2n) is 6.06. The summed E-state index contributed by atoms with van der Waals surface area (Å²) in [4.78, 5) is 12.3. The molecule has 0 saturated heterocycles. The number of rotatable bonds is 5. The number of hydrogen-bond donors (Lipinski definition) is 1. The second-order valence-corrected chi connectivity index (χ2v) is 6.06. The van der Waals surface area contributed by atoms with Crippen molar-refractivity contribution >= 4 is 5.91 Å². The van der Waals surface area contributed by atoms with Gasteiger partial charge in [-0.15, -0.1) is 0 Å². The Kier molecular flexibility index (Phi) is 4.96. The largest absolute Gasteiger partial charge is 0.497 e. The maximum Gasteiger partial charge on any atom is 0.220 e. The van der Waals surface area contributed by atoms with E-state index in [0.29, 0.717) is 6.42 Å². The van der Waals surface area contributed by atoms with Gasteiger partial charge in [-0.1, -0.05) is 36.4 Å². The first-order valence-electron chi connectivity index (χ1n) is 8.26. The van der Waals surface area contributed by atoms with Crippen molar-refractivity contribution in [2.45, 2.75) is 38.1 Å². The SMILES string of the molecule is COc1ccc(CCC(=O)N[C@@H]2CCCc3ccccc32)cc1. The van der Waals surface area contributed by atoms with Gasteiger partial charge < -0.3 is 10.1 Å². The average molecular weight is 309 g/mol. The molecule has 0 aromatic heterocycles. The summed E-state index contributed by atoms with van der Waals surface area (Å²) in [5, 5.41) is 3.20. The van der Waals surface area contributed by atoms with Crippen LogP contribution in [0.3, 0.4) is 0 Å². The quantitative estimate of drug-likeness (QED) is 0.912. The summed E-state index contributed by atoms with van der Waals surface area (Å²) in [6, 6.07) is 16.5. The van der Waals surface area contributed by atoms with Crippen LogP contribution in [-0.2, 0) is 17.6 Å². The van der Waals surface area contributed by atoms with E-state index in [4.69, 9.17) is 4.74 Å². The highest BCUT2D eigenvalue weighted by atomic mass is 16.5. The zero-order chi connectivity index (χ0) is 16.1. The Morgan fingerprint density at radius 2 is 1.96 bits per heavy atom. The first-order chi connectivity index (χ1) is 11.3. The maximum atomic E-state index is 12.3. The van der Waals surface area contributed by atoms with Gasteiger partial charge in [-0.05, 0) is 54.5 Å². The van der Waals surface area contributed by atoms with E-state index in [-0.39, 0.29) is 11.9 Å². The molecule has 0 aliphatic heterocycles. The Balaban J connectivity index is 1.55. The number of amides is 1. The first kappa shape index (κ1) is 15.6. The van der Waals surface area contributed by atoms with Crippen LogP contribution in [0.5, 0.6) is 5.75 Å². The van der Waals surface area contributed by atoms with E-state index in [1.165, 1.54) is 11.1 Å². The fourth-order valence-electron chi connectivity index (χ4n) is 3.22. The molecule has 3 rings (SSSR count). The first-order valence-corrected chi connectivity index (χ1v) is 8.26. The summed E-state index contributed by atoms with van der Waals surface area (Å²) < 4.78 is 5.15. The van der Waals surface area contributed by atoms with Crippen molar-refractivity contribution in [1.82, 2.24) is 5.32 Å². The van der Waals surface area contributed by atoms with Crippen LogP contribution in [0.15, 0.2) is 48.5 Å². The molecule has 3 heteroatoms. The summed E-state index contributed by atoms with van der Waals surface area (Å²) in [5.41, 5.74) is 3.82. The molecule has 3 nitrogen and oxygen atoms in total. The van der Waals surface area contributed by atoms with Crippen molar-refractivity contribution in [3.8, 4) is 5.75 Å². The fourth-order valence-corrected chi connectivity index (χ4v) is 3.22. The standard InChI is InChI=1S/C20H23NO2/c1-23-17-12-9-15(10-13-17)11-14-20(22)21-19-8-4-6-16-5-2-3-7-18(16)19/h2-3,5,7,9-10,12-13,19H,4,6,8,11,14H2,1H3,(H,21,22)/t19-/m1/s1. The van der Waals surface area contributed by atoms with E-state index in [0.717, 1.165) is 37.0 Å². The number of carbonyl (C=O) groups is 1. The zero-order valence-corrected chi connectivity index (χ0v) is 13.5. The molecule has 0 spiro atoms. The summed E-state index contributed by atoms with van der Waals surface area (Å²) in [6.45, 7) is 0. The van der Waals surface area contributed by atoms with Crippen LogP contribution in [0.25, 0.3) is 0 Å². The highest BCUT2D eigenvalue weighted by Gasteiger charge is 2.21. The van der Waals surface area contributed by atoms with E-state index < -0.39 is 0 Å². The minimum atomic E-state index is 0.127. The molecule has 120 valence electrons. The Morgan fingerprint density at radius 1 is 1.17 bits per heavy atom. The van der Waals surface area contributed by atoms with Gasteiger partial charge in [0.2, 0.25) is 5.91 Å². The van der Waals surface area contributed by atoms with Crippen LogP contribution < -0.4 is 10.1 Å². The van der Waals surface area contributed by atoms with Crippen LogP contribution >= 0.6 is 0 Å². The third kappa shape index (κ3) is 3.92. The molecular formula is C20H23NO2. The van der Waals surface area contributed by atoms with Gasteiger partial charge in [0, 0.05) is 6.42 Å². The van der Waals surface area contributed by atoms with Gasteiger partial charge in [0.25, 0.3) is 0 Å². The van der Waals surface area contributed by atoms with Crippen molar-refractivity contribution in [2.75, 3.05) is 7.11 Å². The topological polar surface area (TPSA) is 38.3 Å². The molecular weight excluding hydrogens is 286 g/mol. The van der Waals surface area contributed by atoms with E-state index in [9.17, 15) is 4.79 Å². The summed E-state index contributed by atoms with van der Waals surface area (Å²) >= 11 is 0. The summed E-state index contributed by atoms with van der Waals surface area (Å²) in [7, 11) is 1.66. The molecule has 1 N–H and O–H groups in total. The Bertz CT molecular complexity index is 664. The van der Waals surface area contributed by atoms with E-state index in [2.05, 4.69) is 29.6 Å². The molecule has 23 heavy (non-hydrogen) atoms. The van der Waals surface area contributed by atoms with Crippen molar-refractivity contribution in [1.29, 1.82) is 0 Å². The van der Waals surface area contributed by atoms with E-state index in [1.807, 2.05) is 24.3 Å². The van der Waals surface area contributed by atoms with Gasteiger partial charge in [-0.3, -0.25) is 4.79 Å². The number of hydrogen-bond acceptors (Lipinski definition) is 2. The molecule has 2 aromatic rings. The lowest BCUT2D eigenvalue weighted by atomic mass is 9.87. The molecule has 1 aliphatic rings. The van der Waals surface area contributed by atoms with Crippen LogP contribution in [0.2, 0.25) is 0 Å². The van der Waals surface area contributed by atoms with Gasteiger partial charge in [0.15, 0.2) is 0 Å². The third-order valence-corrected chi connectivity index (χ3v) is 4.50. The number of ether oxygens (including phenoxy) is 1. The summed E-state index contributed by atoms with van der Waals surface area (Å²) in [5.74, 6) is 0.972. The lowest BCUT2D eigenvalue weighted by molar-refractivity contribution is -0.121. The molecule has 0 radical (unpaired) electrons. The molecule has 0 unspecified atom stereocenters. The van der Waals surface area contributed by atoms with Gasteiger partial charge in [0.05, 0.1) is 13.2 Å². The molecule has 1 amide bonds. The highest BCUT2D eigenvalue weighted by Crippen LogP contribution is 2.29. The minimum Gasteiger partial charge on any atom is -0.497 e. The average Bonchev–Trinajstić information content (AvgIpc) is 2.61. The van der Waals surface area contributed by atoms with Crippen LogP contribution in [0.1, 0.15) is 42.0 Å². The lowest BCUT2D eigenvalue weighted by Crippen LogP contribution is -2.31. The van der Waals surface area contributed by atoms with Gasteiger partial charge in [-0.25, -0.2) is 0 Å². The van der Waals surface area contributed by atoms with Crippen molar-refractivity contribution in [3.63, 3.8) is 0 Å². The smallest absolute Gasteiger partial charge is 0.220 e.